The van der Waals surface area contributed by atoms with Crippen LogP contribution in [0.1, 0.15) is 109 Å². The van der Waals surface area contributed by atoms with Crippen LogP contribution in [0.3, 0.4) is 0 Å². The Hall–Kier alpha value is -3.40. The zero-order chi connectivity index (χ0) is 26.0. The molecule has 0 radical (unpaired) electrons. The van der Waals surface area contributed by atoms with Gasteiger partial charge in [0.1, 0.15) is 0 Å². The average molecular weight is 497 g/mol. The minimum Gasteiger partial charge on any atom is -0.388 e. The van der Waals surface area contributed by atoms with Gasteiger partial charge in [-0.05, 0) is 42.7 Å². The molecule has 1 aliphatic carbocycles. The quantitative estimate of drug-likeness (QED) is 0.171. The van der Waals surface area contributed by atoms with E-state index in [1.165, 1.54) is 69.8 Å². The van der Waals surface area contributed by atoms with Gasteiger partial charge in [-0.1, -0.05) is 101 Å². The Balaban J connectivity index is 1.34. The van der Waals surface area contributed by atoms with Gasteiger partial charge in [-0.15, -0.1) is 0 Å². The molecule has 0 atom stereocenters. The van der Waals surface area contributed by atoms with Gasteiger partial charge in [0.05, 0.1) is 16.8 Å². The van der Waals surface area contributed by atoms with Gasteiger partial charge in [0.25, 0.3) is 0 Å². The summed E-state index contributed by atoms with van der Waals surface area (Å²) in [6.45, 7) is 2.27. The predicted molar refractivity (Wildman–Crippen MR) is 155 cm³/mol. The molecule has 0 aromatic heterocycles. The molecule has 0 bridgehead atoms. The van der Waals surface area contributed by atoms with Crippen LogP contribution in [-0.2, 0) is 6.42 Å². The van der Waals surface area contributed by atoms with Crippen LogP contribution in [0.15, 0.2) is 60.7 Å². The maximum Gasteiger partial charge on any atom is 0.196 e. The summed E-state index contributed by atoms with van der Waals surface area (Å²) >= 11 is 0. The molecule has 4 nitrogen and oxygen atoms in total. The van der Waals surface area contributed by atoms with Crippen LogP contribution >= 0.6 is 0 Å². The molecular weight excluding hydrogens is 456 g/mol. The van der Waals surface area contributed by atoms with Crippen molar-refractivity contribution in [1.82, 2.24) is 0 Å². The van der Waals surface area contributed by atoms with E-state index in [0.29, 0.717) is 33.6 Å². The number of ketones is 2. The van der Waals surface area contributed by atoms with Crippen LogP contribution in [0.25, 0.3) is 0 Å². The third kappa shape index (κ3) is 6.49. The molecule has 37 heavy (non-hydrogen) atoms. The van der Waals surface area contributed by atoms with Gasteiger partial charge in [0, 0.05) is 29.5 Å². The molecular formula is C33H40N2O2. The number of aryl methyl sites for hydroxylation is 1. The lowest BCUT2D eigenvalue weighted by molar-refractivity contribution is 0.0980. The van der Waals surface area contributed by atoms with Crippen LogP contribution in [0.5, 0.6) is 0 Å². The highest BCUT2D eigenvalue weighted by Crippen LogP contribution is 2.37. The normalized spacial score (nSPS) is 12.3. The lowest BCUT2D eigenvalue weighted by Crippen LogP contribution is -2.23. The molecule has 2 N–H and O–H groups in total. The Labute approximate surface area is 221 Å². The van der Waals surface area contributed by atoms with E-state index < -0.39 is 0 Å². The number of carbonyl (C=O) groups excluding carboxylic acids is 2. The van der Waals surface area contributed by atoms with E-state index in [2.05, 4.69) is 41.8 Å². The summed E-state index contributed by atoms with van der Waals surface area (Å²) in [5.74, 6) is -0.243. The van der Waals surface area contributed by atoms with Gasteiger partial charge in [-0.25, -0.2) is 0 Å². The van der Waals surface area contributed by atoms with Crippen molar-refractivity contribution in [2.24, 2.45) is 0 Å². The minimum absolute atomic E-state index is 0.120. The van der Waals surface area contributed by atoms with E-state index in [9.17, 15) is 9.59 Å². The summed E-state index contributed by atoms with van der Waals surface area (Å²) in [6.07, 6.45) is 14.5. The fraction of sp³-hybridized carbons (Fsp3) is 0.394. The van der Waals surface area contributed by atoms with E-state index in [1.807, 2.05) is 12.1 Å². The van der Waals surface area contributed by atoms with Crippen molar-refractivity contribution < 1.29 is 9.59 Å². The predicted octanol–water partition coefficient (Wildman–Crippen LogP) is 8.71. The van der Waals surface area contributed by atoms with E-state index in [1.54, 1.807) is 31.3 Å². The van der Waals surface area contributed by atoms with E-state index in [4.69, 9.17) is 0 Å². The maximum atomic E-state index is 13.4. The largest absolute Gasteiger partial charge is 0.388 e. The second kappa shape index (κ2) is 13.2. The topological polar surface area (TPSA) is 58.2 Å². The first-order chi connectivity index (χ1) is 18.1. The first-order valence-corrected chi connectivity index (χ1v) is 14.0. The molecule has 0 heterocycles. The van der Waals surface area contributed by atoms with Crippen molar-refractivity contribution in [1.29, 1.82) is 0 Å². The summed E-state index contributed by atoms with van der Waals surface area (Å²) in [5, 5.41) is 6.48. The molecule has 4 heteroatoms. The number of benzene rings is 3. The first kappa shape index (κ1) is 26.7. The van der Waals surface area contributed by atoms with Crippen LogP contribution in [-0.4, -0.2) is 18.6 Å². The van der Waals surface area contributed by atoms with Crippen molar-refractivity contribution in [2.75, 3.05) is 17.7 Å². The number of hydrogen-bond acceptors (Lipinski definition) is 4. The van der Waals surface area contributed by atoms with Gasteiger partial charge in [0.2, 0.25) is 0 Å². The third-order valence-electron chi connectivity index (χ3n) is 7.40. The van der Waals surface area contributed by atoms with Crippen LogP contribution in [0, 0.1) is 0 Å². The van der Waals surface area contributed by atoms with Crippen molar-refractivity contribution in [3.63, 3.8) is 0 Å². The zero-order valence-electron chi connectivity index (χ0n) is 22.4. The number of hydrogen-bond donors (Lipinski definition) is 2. The minimum atomic E-state index is -0.123. The average Bonchev–Trinajstić information content (AvgIpc) is 2.93. The third-order valence-corrected chi connectivity index (χ3v) is 7.40. The first-order valence-electron chi connectivity index (χ1n) is 14.0. The molecule has 194 valence electrons. The Morgan fingerprint density at radius 2 is 1.11 bits per heavy atom. The number of fused-ring (bicyclic) bond motifs is 2. The Kier molecular flexibility index (Phi) is 9.53. The zero-order valence-corrected chi connectivity index (χ0v) is 22.4. The van der Waals surface area contributed by atoms with E-state index in [-0.39, 0.29) is 11.6 Å². The van der Waals surface area contributed by atoms with E-state index >= 15 is 0 Å². The summed E-state index contributed by atoms with van der Waals surface area (Å²) in [4.78, 5) is 26.7. The Morgan fingerprint density at radius 3 is 1.68 bits per heavy atom. The standard InChI is InChI=1S/C33H40N2O2/c1-3-4-5-6-7-8-9-10-11-12-15-24-18-20-25(21-19-24)35-29-23-22-28(34-2)30-31(29)33(37)27-17-14-13-16-26(27)32(30)36/h13-14,16-23,34-35H,3-12,15H2,1-2H3. The smallest absolute Gasteiger partial charge is 0.196 e. The van der Waals surface area contributed by atoms with Crippen molar-refractivity contribution in [2.45, 2.75) is 77.6 Å². The summed E-state index contributed by atoms with van der Waals surface area (Å²) < 4.78 is 0. The lowest BCUT2D eigenvalue weighted by Gasteiger charge is -2.23. The molecule has 1 aliphatic rings. The van der Waals surface area contributed by atoms with Crippen molar-refractivity contribution in [3.05, 3.63) is 88.5 Å². The van der Waals surface area contributed by atoms with Gasteiger partial charge >= 0.3 is 0 Å². The van der Waals surface area contributed by atoms with Gasteiger partial charge < -0.3 is 10.6 Å². The Morgan fingerprint density at radius 1 is 0.595 bits per heavy atom. The monoisotopic (exact) mass is 496 g/mol. The Bertz CT molecular complexity index is 1210. The molecule has 3 aromatic carbocycles. The van der Waals surface area contributed by atoms with Crippen LogP contribution in [0.2, 0.25) is 0 Å². The maximum absolute atomic E-state index is 13.4. The van der Waals surface area contributed by atoms with Gasteiger partial charge in [-0.2, -0.15) is 0 Å². The molecule has 4 rings (SSSR count). The van der Waals surface area contributed by atoms with Crippen molar-refractivity contribution in [3.8, 4) is 0 Å². The van der Waals surface area contributed by atoms with E-state index in [0.717, 1.165) is 12.1 Å². The molecule has 0 saturated carbocycles. The second-order valence-electron chi connectivity index (χ2n) is 10.1. The number of rotatable bonds is 14. The summed E-state index contributed by atoms with van der Waals surface area (Å²) in [5.41, 5.74) is 5.36. The summed E-state index contributed by atoms with van der Waals surface area (Å²) in [7, 11) is 1.77. The number of nitrogens with one attached hydrogen (secondary N) is 2. The van der Waals surface area contributed by atoms with Crippen LogP contribution < -0.4 is 10.6 Å². The molecule has 0 amide bonds. The number of unbranched alkanes of at least 4 members (excludes halogenated alkanes) is 9. The van der Waals surface area contributed by atoms with Gasteiger partial charge in [0.15, 0.2) is 11.6 Å². The summed E-state index contributed by atoms with van der Waals surface area (Å²) in [6, 6.07) is 19.2. The fourth-order valence-electron chi connectivity index (χ4n) is 5.26. The molecule has 3 aromatic rings. The highest BCUT2D eigenvalue weighted by molar-refractivity contribution is 6.32. The molecule has 0 spiro atoms. The molecule has 0 unspecified atom stereocenters. The number of carbonyl (C=O) groups is 2. The number of anilines is 3. The SMILES string of the molecule is CCCCCCCCCCCCc1ccc(Nc2ccc(NC)c3c2C(=O)c2ccccc2C3=O)cc1. The highest BCUT2D eigenvalue weighted by Gasteiger charge is 2.33. The fourth-order valence-corrected chi connectivity index (χ4v) is 5.26. The van der Waals surface area contributed by atoms with Gasteiger partial charge in [-0.3, -0.25) is 9.59 Å². The molecule has 0 aliphatic heterocycles. The van der Waals surface area contributed by atoms with Crippen LogP contribution in [0.4, 0.5) is 17.1 Å². The molecule has 0 fully saturated rings. The lowest BCUT2D eigenvalue weighted by atomic mass is 9.82. The van der Waals surface area contributed by atoms with Crippen molar-refractivity contribution >= 4 is 28.6 Å². The molecule has 0 saturated heterocycles. The highest BCUT2D eigenvalue weighted by atomic mass is 16.1. The second-order valence-corrected chi connectivity index (χ2v) is 10.1.